The molecule has 0 saturated heterocycles. The number of carbonyl (C=O) groups is 1. The van der Waals surface area contributed by atoms with Crippen LogP contribution in [0.3, 0.4) is 0 Å². The summed E-state index contributed by atoms with van der Waals surface area (Å²) < 4.78 is 5.58. The Hall–Kier alpha value is -2.08. The molecule has 0 aliphatic heterocycles. The molecule has 2 aromatic carbocycles. The van der Waals surface area contributed by atoms with Crippen LogP contribution in [0.2, 0.25) is 10.0 Å². The van der Waals surface area contributed by atoms with Gasteiger partial charge >= 0.3 is 0 Å². The number of nitrogens with zero attached hydrogens (tertiary/aromatic N) is 1. The van der Waals surface area contributed by atoms with Gasteiger partial charge in [-0.2, -0.15) is 0 Å². The first-order chi connectivity index (χ1) is 12.9. The van der Waals surface area contributed by atoms with E-state index in [1.165, 1.54) is 11.3 Å². The van der Waals surface area contributed by atoms with Crippen LogP contribution in [0, 0.1) is 0 Å². The van der Waals surface area contributed by atoms with E-state index in [1.807, 2.05) is 19.9 Å². The third kappa shape index (κ3) is 5.45. The number of rotatable bonds is 6. The molecule has 4 nitrogen and oxygen atoms in total. The number of nitrogens with one attached hydrogen (secondary N) is 1. The van der Waals surface area contributed by atoms with E-state index >= 15 is 0 Å². The van der Waals surface area contributed by atoms with Gasteiger partial charge < -0.3 is 4.74 Å². The first kappa shape index (κ1) is 19.7. The summed E-state index contributed by atoms with van der Waals surface area (Å²) in [7, 11) is 0. The summed E-state index contributed by atoms with van der Waals surface area (Å²) in [5, 5.41) is 4.58. The highest BCUT2D eigenvalue weighted by atomic mass is 35.5. The minimum Gasteiger partial charge on any atom is -0.491 e. The number of amides is 1. The summed E-state index contributed by atoms with van der Waals surface area (Å²) >= 11 is 13.6. The molecule has 27 heavy (non-hydrogen) atoms. The molecule has 0 aliphatic rings. The molecule has 0 atom stereocenters. The molecule has 3 rings (SSSR count). The van der Waals surface area contributed by atoms with E-state index in [0.29, 0.717) is 27.2 Å². The van der Waals surface area contributed by atoms with Gasteiger partial charge in [0.1, 0.15) is 5.75 Å². The summed E-state index contributed by atoms with van der Waals surface area (Å²) in [5.74, 6) is 0.523. The predicted molar refractivity (Wildman–Crippen MR) is 112 cm³/mol. The number of aromatic nitrogens is 1. The molecule has 1 heterocycles. The lowest BCUT2D eigenvalue weighted by Gasteiger charge is -2.09. The van der Waals surface area contributed by atoms with Crippen molar-refractivity contribution in [3.63, 3.8) is 0 Å². The molecule has 7 heteroatoms. The minimum absolute atomic E-state index is 0.0903. The van der Waals surface area contributed by atoms with E-state index in [1.54, 1.807) is 42.6 Å². The fourth-order valence-corrected chi connectivity index (χ4v) is 3.73. The van der Waals surface area contributed by atoms with Crippen LogP contribution in [0.5, 0.6) is 5.75 Å². The van der Waals surface area contributed by atoms with Crippen LogP contribution >= 0.6 is 34.5 Å². The number of ether oxygens (including phenoxy) is 1. The molecule has 0 unspecified atom stereocenters. The first-order valence-electron chi connectivity index (χ1n) is 8.37. The maximum atomic E-state index is 12.4. The Morgan fingerprint density at radius 3 is 2.59 bits per heavy atom. The van der Waals surface area contributed by atoms with Gasteiger partial charge in [0, 0.05) is 33.1 Å². The third-order valence-electron chi connectivity index (χ3n) is 3.64. The predicted octanol–water partition coefficient (Wildman–Crippen LogP) is 6.08. The molecule has 1 aromatic heterocycles. The lowest BCUT2D eigenvalue weighted by atomic mass is 10.1. The van der Waals surface area contributed by atoms with E-state index in [4.69, 9.17) is 27.9 Å². The van der Waals surface area contributed by atoms with Gasteiger partial charge in [-0.25, -0.2) is 4.98 Å². The minimum atomic E-state index is -0.212. The fourth-order valence-electron chi connectivity index (χ4n) is 2.43. The average molecular weight is 421 g/mol. The average Bonchev–Trinajstić information content (AvgIpc) is 3.04. The van der Waals surface area contributed by atoms with Gasteiger partial charge in [-0.1, -0.05) is 29.3 Å². The van der Waals surface area contributed by atoms with Crippen LogP contribution in [0.25, 0.3) is 0 Å². The molecule has 0 bridgehead atoms. The standard InChI is InChI=1S/C20H18Cl2N2O2S/c1-12(2)26-16-7-4-13(5-8-16)19(25)24-20-23-11-17(27-20)9-14-3-6-15(21)10-18(14)22/h3-8,10-12H,9H2,1-2H3,(H,23,24,25). The maximum absolute atomic E-state index is 12.4. The summed E-state index contributed by atoms with van der Waals surface area (Å²) in [5.41, 5.74) is 1.51. The molecule has 0 fully saturated rings. The second kappa shape index (κ2) is 8.74. The monoisotopic (exact) mass is 420 g/mol. The van der Waals surface area contributed by atoms with Crippen molar-refractivity contribution in [3.8, 4) is 5.75 Å². The van der Waals surface area contributed by atoms with Crippen LogP contribution in [-0.2, 0) is 6.42 Å². The van der Waals surface area contributed by atoms with E-state index in [2.05, 4.69) is 10.3 Å². The lowest BCUT2D eigenvalue weighted by Crippen LogP contribution is -2.11. The van der Waals surface area contributed by atoms with Gasteiger partial charge in [0.2, 0.25) is 0 Å². The van der Waals surface area contributed by atoms with Gasteiger partial charge in [0.25, 0.3) is 5.91 Å². The highest BCUT2D eigenvalue weighted by molar-refractivity contribution is 7.15. The van der Waals surface area contributed by atoms with E-state index in [0.717, 1.165) is 16.2 Å². The number of anilines is 1. The van der Waals surface area contributed by atoms with Crippen molar-refractivity contribution in [2.45, 2.75) is 26.4 Å². The normalized spacial score (nSPS) is 10.9. The highest BCUT2D eigenvalue weighted by Gasteiger charge is 2.11. The topological polar surface area (TPSA) is 51.2 Å². The largest absolute Gasteiger partial charge is 0.491 e. The Bertz CT molecular complexity index is 939. The Morgan fingerprint density at radius 1 is 1.19 bits per heavy atom. The third-order valence-corrected chi connectivity index (χ3v) is 5.14. The van der Waals surface area contributed by atoms with Crippen molar-refractivity contribution in [2.24, 2.45) is 0 Å². The van der Waals surface area contributed by atoms with Crippen LogP contribution < -0.4 is 10.1 Å². The van der Waals surface area contributed by atoms with Crippen molar-refractivity contribution < 1.29 is 9.53 Å². The zero-order valence-corrected chi connectivity index (χ0v) is 17.2. The Labute approximate surface area is 172 Å². The van der Waals surface area contributed by atoms with Crippen molar-refractivity contribution in [1.82, 2.24) is 4.98 Å². The molecule has 1 N–H and O–H groups in total. The number of halogens is 2. The Kier molecular flexibility index (Phi) is 6.37. The quantitative estimate of drug-likeness (QED) is 0.525. The molecular formula is C20H18Cl2N2O2S. The number of benzene rings is 2. The van der Waals surface area contributed by atoms with E-state index in [9.17, 15) is 4.79 Å². The Balaban J connectivity index is 1.63. The van der Waals surface area contributed by atoms with Crippen LogP contribution in [-0.4, -0.2) is 17.0 Å². The molecular weight excluding hydrogens is 403 g/mol. The molecule has 3 aromatic rings. The molecule has 0 spiro atoms. The van der Waals surface area contributed by atoms with Crippen molar-refractivity contribution in [3.05, 3.63) is 74.7 Å². The number of hydrogen-bond acceptors (Lipinski definition) is 4. The highest BCUT2D eigenvalue weighted by Crippen LogP contribution is 2.27. The van der Waals surface area contributed by atoms with Gasteiger partial charge in [0.15, 0.2) is 5.13 Å². The molecule has 0 aliphatic carbocycles. The summed E-state index contributed by atoms with van der Waals surface area (Å²) in [4.78, 5) is 17.7. The lowest BCUT2D eigenvalue weighted by molar-refractivity contribution is 0.102. The van der Waals surface area contributed by atoms with Crippen molar-refractivity contribution in [1.29, 1.82) is 0 Å². The van der Waals surface area contributed by atoms with Crippen LogP contribution in [0.15, 0.2) is 48.7 Å². The van der Waals surface area contributed by atoms with Gasteiger partial charge in [-0.3, -0.25) is 10.1 Å². The SMILES string of the molecule is CC(C)Oc1ccc(C(=O)Nc2ncc(Cc3ccc(Cl)cc3Cl)s2)cc1. The van der Waals surface area contributed by atoms with Crippen LogP contribution in [0.1, 0.15) is 34.6 Å². The second-order valence-electron chi connectivity index (χ2n) is 6.19. The second-order valence-corrected chi connectivity index (χ2v) is 8.15. The summed E-state index contributed by atoms with van der Waals surface area (Å²) in [6.07, 6.45) is 2.46. The molecule has 140 valence electrons. The molecule has 1 amide bonds. The Morgan fingerprint density at radius 2 is 1.93 bits per heavy atom. The zero-order chi connectivity index (χ0) is 19.4. The van der Waals surface area contributed by atoms with E-state index < -0.39 is 0 Å². The fraction of sp³-hybridized carbons (Fsp3) is 0.200. The summed E-state index contributed by atoms with van der Waals surface area (Å²) in [6, 6.07) is 12.4. The van der Waals surface area contributed by atoms with Crippen molar-refractivity contribution in [2.75, 3.05) is 5.32 Å². The number of carbonyl (C=O) groups excluding carboxylic acids is 1. The number of thiazole rings is 1. The smallest absolute Gasteiger partial charge is 0.257 e. The molecule has 0 radical (unpaired) electrons. The first-order valence-corrected chi connectivity index (χ1v) is 9.94. The van der Waals surface area contributed by atoms with Gasteiger partial charge in [-0.15, -0.1) is 11.3 Å². The number of hydrogen-bond donors (Lipinski definition) is 1. The molecule has 0 saturated carbocycles. The maximum Gasteiger partial charge on any atom is 0.257 e. The summed E-state index contributed by atoms with van der Waals surface area (Å²) in [6.45, 7) is 3.91. The zero-order valence-electron chi connectivity index (χ0n) is 14.8. The van der Waals surface area contributed by atoms with Crippen molar-refractivity contribution >= 4 is 45.6 Å². The van der Waals surface area contributed by atoms with Gasteiger partial charge in [0.05, 0.1) is 6.10 Å². The van der Waals surface area contributed by atoms with Crippen LogP contribution in [0.4, 0.5) is 5.13 Å². The van der Waals surface area contributed by atoms with E-state index in [-0.39, 0.29) is 12.0 Å². The van der Waals surface area contributed by atoms with Gasteiger partial charge in [-0.05, 0) is 55.8 Å².